The Hall–Kier alpha value is -2.81. The van der Waals surface area contributed by atoms with Crippen LogP contribution in [0.25, 0.3) is 0 Å². The number of rotatable bonds is 9. The topological polar surface area (TPSA) is 208 Å². The molecule has 1 aliphatic rings. The average molecular weight is 436 g/mol. The quantitative estimate of drug-likeness (QED) is 0.223. The maximum absolute atomic E-state index is 10.9. The van der Waals surface area contributed by atoms with Crippen LogP contribution in [-0.2, 0) is 24.0 Å². The fourth-order valence-corrected chi connectivity index (χ4v) is 2.42. The maximum atomic E-state index is 10.9. The summed E-state index contributed by atoms with van der Waals surface area (Å²) in [5.41, 5.74) is 2.94. The summed E-state index contributed by atoms with van der Waals surface area (Å²) < 4.78 is 0. The molecule has 0 aromatic rings. The summed E-state index contributed by atoms with van der Waals surface area (Å²) >= 11 is 0. The molecule has 1 saturated heterocycles. The highest BCUT2D eigenvalue weighted by molar-refractivity contribution is 5.75. The van der Waals surface area contributed by atoms with E-state index in [1.165, 1.54) is 5.01 Å². The molecule has 1 aliphatic heterocycles. The predicted octanol–water partition coefficient (Wildman–Crippen LogP) is -2.40. The Balaban J connectivity index is 0.000000890. The first kappa shape index (κ1) is 27.2. The van der Waals surface area contributed by atoms with E-state index in [1.807, 2.05) is 0 Å². The van der Waals surface area contributed by atoms with Crippen LogP contribution in [0, 0.1) is 0 Å². The summed E-state index contributed by atoms with van der Waals surface area (Å²) in [5, 5.41) is 43.9. The third kappa shape index (κ3) is 16.2. The smallest absolute Gasteiger partial charge is 0.319 e. The molecule has 0 unspecified atom stereocenters. The summed E-state index contributed by atoms with van der Waals surface area (Å²) in [6.45, 7) is 1.97. The highest BCUT2D eigenvalue weighted by Crippen LogP contribution is 1.97. The second-order valence-electron chi connectivity index (χ2n) is 6.35. The first-order chi connectivity index (χ1) is 14.0. The van der Waals surface area contributed by atoms with E-state index in [0.29, 0.717) is 39.3 Å². The molecule has 1 rings (SSSR count). The summed E-state index contributed by atoms with van der Waals surface area (Å²) in [5.74, 6) is -5.07. The molecule has 0 aromatic carbocycles. The molecule has 0 saturated carbocycles. The van der Waals surface area contributed by atoms with E-state index in [0.717, 1.165) is 0 Å². The van der Waals surface area contributed by atoms with E-state index in [1.54, 1.807) is 9.80 Å². The van der Waals surface area contributed by atoms with Crippen molar-refractivity contribution in [1.29, 1.82) is 0 Å². The van der Waals surface area contributed by atoms with Crippen molar-refractivity contribution in [3.8, 4) is 0 Å². The van der Waals surface area contributed by atoms with E-state index >= 15 is 0 Å². The Morgan fingerprint density at radius 2 is 0.967 bits per heavy atom. The van der Waals surface area contributed by atoms with Gasteiger partial charge in [-0.05, 0) is 0 Å². The Morgan fingerprint density at radius 1 is 0.567 bits per heavy atom. The number of carboxylic acids is 5. The minimum atomic E-state index is -1.08. The Kier molecular flexibility index (Phi) is 13.7. The van der Waals surface area contributed by atoms with Crippen molar-refractivity contribution in [2.45, 2.75) is 12.8 Å². The van der Waals surface area contributed by atoms with E-state index < -0.39 is 29.8 Å². The van der Waals surface area contributed by atoms with Gasteiger partial charge in [-0.25, -0.2) is 5.01 Å². The number of carboxylic acid groups (broad SMARTS) is 5. The zero-order valence-electron chi connectivity index (χ0n) is 16.4. The zero-order chi connectivity index (χ0) is 23.1. The standard InChI is InChI=1S/C12H22N4O6.C4H6O4/c17-10(18)7-14-2-1-13-16(9-12(21)22)6-5-15(4-3-14)8-11(19)20;5-3(6)1-2-4(7)8/h13H,1-9H2,(H,17,18)(H,19,20)(H,21,22);1-2H2,(H,5,6)(H,7,8). The lowest BCUT2D eigenvalue weighted by Crippen LogP contribution is -2.52. The Morgan fingerprint density at radius 3 is 1.37 bits per heavy atom. The Labute approximate surface area is 172 Å². The van der Waals surface area contributed by atoms with Crippen LogP contribution in [0.5, 0.6) is 0 Å². The lowest BCUT2D eigenvalue weighted by molar-refractivity contribution is -0.143. The van der Waals surface area contributed by atoms with Crippen LogP contribution >= 0.6 is 0 Å². The van der Waals surface area contributed by atoms with Crippen molar-refractivity contribution in [3.63, 3.8) is 0 Å². The van der Waals surface area contributed by atoms with Crippen molar-refractivity contribution >= 4 is 29.8 Å². The summed E-state index contributed by atoms with van der Waals surface area (Å²) in [6, 6.07) is 0. The summed E-state index contributed by atoms with van der Waals surface area (Å²) in [7, 11) is 0. The van der Waals surface area contributed by atoms with Crippen molar-refractivity contribution in [2.24, 2.45) is 0 Å². The minimum absolute atomic E-state index is 0.137. The van der Waals surface area contributed by atoms with Gasteiger partial charge in [0.25, 0.3) is 0 Å². The van der Waals surface area contributed by atoms with Gasteiger partial charge in [-0.3, -0.25) is 39.2 Å². The molecule has 1 fully saturated rings. The lowest BCUT2D eigenvalue weighted by atomic mass is 10.3. The molecule has 0 spiro atoms. The van der Waals surface area contributed by atoms with Gasteiger partial charge in [0.15, 0.2) is 0 Å². The van der Waals surface area contributed by atoms with Crippen LogP contribution in [0.4, 0.5) is 0 Å². The third-order valence-corrected chi connectivity index (χ3v) is 3.78. The summed E-state index contributed by atoms with van der Waals surface area (Å²) in [4.78, 5) is 55.1. The van der Waals surface area contributed by atoms with Gasteiger partial charge < -0.3 is 25.5 Å². The van der Waals surface area contributed by atoms with Crippen LogP contribution in [0.15, 0.2) is 0 Å². The lowest BCUT2D eigenvalue weighted by Gasteiger charge is -2.31. The van der Waals surface area contributed by atoms with Crippen LogP contribution in [0.1, 0.15) is 12.8 Å². The van der Waals surface area contributed by atoms with Gasteiger partial charge in [0.05, 0.1) is 25.9 Å². The normalized spacial score (nSPS) is 16.7. The van der Waals surface area contributed by atoms with Gasteiger partial charge in [-0.1, -0.05) is 0 Å². The number of hydrogen-bond acceptors (Lipinski definition) is 9. The van der Waals surface area contributed by atoms with Gasteiger partial charge in [0.2, 0.25) is 0 Å². The molecular weight excluding hydrogens is 408 g/mol. The molecule has 0 amide bonds. The molecule has 0 aromatic heterocycles. The van der Waals surface area contributed by atoms with Crippen molar-refractivity contribution in [3.05, 3.63) is 0 Å². The molecule has 6 N–H and O–H groups in total. The van der Waals surface area contributed by atoms with Crippen molar-refractivity contribution in [1.82, 2.24) is 20.2 Å². The number of hydrazine groups is 1. The van der Waals surface area contributed by atoms with Crippen molar-refractivity contribution in [2.75, 3.05) is 58.9 Å². The fraction of sp³-hybridized carbons (Fsp3) is 0.688. The molecule has 0 bridgehead atoms. The molecular formula is C16H28N4O10. The fourth-order valence-electron chi connectivity index (χ4n) is 2.42. The average Bonchev–Trinajstić information content (AvgIpc) is 2.60. The molecule has 30 heavy (non-hydrogen) atoms. The van der Waals surface area contributed by atoms with Gasteiger partial charge in [-0.15, -0.1) is 0 Å². The molecule has 14 heteroatoms. The number of nitrogens with zero attached hydrogens (tertiary/aromatic N) is 3. The largest absolute Gasteiger partial charge is 0.481 e. The van der Waals surface area contributed by atoms with E-state index in [-0.39, 0.29) is 32.5 Å². The molecule has 1 heterocycles. The molecule has 0 aliphatic carbocycles. The first-order valence-corrected chi connectivity index (χ1v) is 9.01. The second kappa shape index (κ2) is 15.1. The van der Waals surface area contributed by atoms with Crippen molar-refractivity contribution < 1.29 is 49.5 Å². The molecule has 172 valence electrons. The number of carbonyl (C=O) groups is 5. The molecule has 0 radical (unpaired) electrons. The van der Waals surface area contributed by atoms with Gasteiger partial charge in [-0.2, -0.15) is 0 Å². The highest BCUT2D eigenvalue weighted by atomic mass is 16.4. The third-order valence-electron chi connectivity index (χ3n) is 3.78. The first-order valence-electron chi connectivity index (χ1n) is 9.01. The predicted molar refractivity (Wildman–Crippen MR) is 99.9 cm³/mol. The second-order valence-corrected chi connectivity index (χ2v) is 6.35. The minimum Gasteiger partial charge on any atom is -0.481 e. The monoisotopic (exact) mass is 436 g/mol. The van der Waals surface area contributed by atoms with E-state index in [9.17, 15) is 24.0 Å². The molecule has 0 atom stereocenters. The number of aliphatic carboxylic acids is 5. The van der Waals surface area contributed by atoms with Crippen LogP contribution in [0.3, 0.4) is 0 Å². The van der Waals surface area contributed by atoms with Crippen LogP contribution in [0.2, 0.25) is 0 Å². The van der Waals surface area contributed by atoms with Gasteiger partial charge >= 0.3 is 29.8 Å². The molecule has 14 nitrogen and oxygen atoms in total. The number of hydrogen-bond donors (Lipinski definition) is 6. The Bertz CT molecular complexity index is 559. The van der Waals surface area contributed by atoms with Gasteiger partial charge in [0, 0.05) is 39.3 Å². The van der Waals surface area contributed by atoms with Crippen LogP contribution < -0.4 is 5.43 Å². The van der Waals surface area contributed by atoms with Crippen LogP contribution in [-0.4, -0.2) is 129 Å². The maximum Gasteiger partial charge on any atom is 0.319 e. The van der Waals surface area contributed by atoms with Gasteiger partial charge in [0.1, 0.15) is 6.54 Å². The van der Waals surface area contributed by atoms with E-state index in [2.05, 4.69) is 5.43 Å². The summed E-state index contributed by atoms with van der Waals surface area (Å²) in [6.07, 6.45) is -0.593. The van der Waals surface area contributed by atoms with E-state index in [4.69, 9.17) is 25.5 Å². The zero-order valence-corrected chi connectivity index (χ0v) is 16.4. The number of nitrogens with one attached hydrogen (secondary N) is 1. The highest BCUT2D eigenvalue weighted by Gasteiger charge is 2.18. The SMILES string of the molecule is O=C(O)CCC(=O)O.O=C(O)CN1CCNN(CC(=O)O)CCN(CC(=O)O)CC1.